The van der Waals surface area contributed by atoms with E-state index in [1.165, 1.54) is 12.3 Å². The number of nitrogens with one attached hydrogen (secondary N) is 1. The quantitative estimate of drug-likeness (QED) is 0.828. The van der Waals surface area contributed by atoms with E-state index in [4.69, 9.17) is 0 Å². The van der Waals surface area contributed by atoms with E-state index in [1.807, 2.05) is 4.90 Å². The summed E-state index contributed by atoms with van der Waals surface area (Å²) in [6.45, 7) is 3.56. The van der Waals surface area contributed by atoms with Crippen molar-refractivity contribution < 1.29 is 9.18 Å². The number of piperazine rings is 1. The van der Waals surface area contributed by atoms with Crippen molar-refractivity contribution in [3.63, 3.8) is 0 Å². The Morgan fingerprint density at radius 2 is 2.39 bits per heavy atom. The number of carbonyl (C=O) groups is 1. The average Bonchev–Trinajstić information content (AvgIpc) is 2.67. The molecule has 2 fully saturated rings. The van der Waals surface area contributed by atoms with E-state index in [0.717, 1.165) is 25.2 Å². The summed E-state index contributed by atoms with van der Waals surface area (Å²) < 4.78 is 13.0. The standard InChI is InChI=1S/C12H15FN4O/c13-10-3-9(4-15-5-10)7-16-8-11-6-14-1-2-17(11)12(16)18/h3-5,11,14H,1-2,6-8H2. The van der Waals surface area contributed by atoms with Gasteiger partial charge in [-0.1, -0.05) is 0 Å². The molecule has 2 aliphatic rings. The molecule has 1 aromatic heterocycles. The molecule has 96 valence electrons. The van der Waals surface area contributed by atoms with Crippen LogP contribution in [0.4, 0.5) is 9.18 Å². The van der Waals surface area contributed by atoms with Crippen molar-refractivity contribution in [2.75, 3.05) is 26.2 Å². The molecule has 1 N–H and O–H groups in total. The van der Waals surface area contributed by atoms with Crippen LogP contribution in [0.25, 0.3) is 0 Å². The smallest absolute Gasteiger partial charge is 0.318 e. The van der Waals surface area contributed by atoms with E-state index in [1.54, 1.807) is 11.1 Å². The van der Waals surface area contributed by atoms with Crippen LogP contribution in [-0.2, 0) is 6.54 Å². The molecule has 1 unspecified atom stereocenters. The number of amides is 2. The van der Waals surface area contributed by atoms with Crippen LogP contribution in [0.1, 0.15) is 5.56 Å². The molecule has 1 aromatic rings. The lowest BCUT2D eigenvalue weighted by molar-refractivity contribution is 0.178. The first kappa shape index (κ1) is 11.4. The van der Waals surface area contributed by atoms with Crippen molar-refractivity contribution >= 4 is 6.03 Å². The third-order valence-electron chi connectivity index (χ3n) is 3.43. The largest absolute Gasteiger partial charge is 0.320 e. The normalized spacial score (nSPS) is 23.4. The van der Waals surface area contributed by atoms with Crippen molar-refractivity contribution in [1.82, 2.24) is 20.1 Å². The van der Waals surface area contributed by atoms with Gasteiger partial charge in [0.15, 0.2) is 0 Å². The summed E-state index contributed by atoms with van der Waals surface area (Å²) in [5, 5.41) is 3.28. The maximum absolute atomic E-state index is 13.0. The molecule has 3 rings (SSSR count). The van der Waals surface area contributed by atoms with Gasteiger partial charge < -0.3 is 15.1 Å². The number of rotatable bonds is 2. The highest BCUT2D eigenvalue weighted by Crippen LogP contribution is 2.19. The average molecular weight is 250 g/mol. The van der Waals surface area contributed by atoms with Crippen LogP contribution < -0.4 is 5.32 Å². The van der Waals surface area contributed by atoms with Gasteiger partial charge in [0.25, 0.3) is 0 Å². The van der Waals surface area contributed by atoms with Crippen molar-refractivity contribution in [2.24, 2.45) is 0 Å². The van der Waals surface area contributed by atoms with E-state index in [-0.39, 0.29) is 17.9 Å². The molecule has 2 aliphatic heterocycles. The molecule has 18 heavy (non-hydrogen) atoms. The van der Waals surface area contributed by atoms with Gasteiger partial charge in [-0.2, -0.15) is 0 Å². The zero-order valence-corrected chi connectivity index (χ0v) is 9.97. The van der Waals surface area contributed by atoms with Gasteiger partial charge in [0.1, 0.15) is 5.82 Å². The van der Waals surface area contributed by atoms with E-state index in [2.05, 4.69) is 10.3 Å². The van der Waals surface area contributed by atoms with Crippen LogP contribution in [0.3, 0.4) is 0 Å². The summed E-state index contributed by atoms with van der Waals surface area (Å²) in [5.41, 5.74) is 0.733. The number of fused-ring (bicyclic) bond motifs is 1. The van der Waals surface area contributed by atoms with Crippen LogP contribution in [0.15, 0.2) is 18.5 Å². The highest BCUT2D eigenvalue weighted by molar-refractivity contribution is 5.77. The van der Waals surface area contributed by atoms with Gasteiger partial charge in [0.2, 0.25) is 0 Å². The number of nitrogens with zero attached hydrogens (tertiary/aromatic N) is 3. The Labute approximate surface area is 105 Å². The lowest BCUT2D eigenvalue weighted by Gasteiger charge is -2.28. The molecule has 0 radical (unpaired) electrons. The molecule has 0 aliphatic carbocycles. The predicted octanol–water partition coefficient (Wildman–Crippen LogP) is 0.430. The van der Waals surface area contributed by atoms with Gasteiger partial charge in [-0.25, -0.2) is 9.18 Å². The fraction of sp³-hybridized carbons (Fsp3) is 0.500. The van der Waals surface area contributed by atoms with Gasteiger partial charge >= 0.3 is 6.03 Å². The summed E-state index contributed by atoms with van der Waals surface area (Å²) in [7, 11) is 0. The molecule has 0 saturated carbocycles. The minimum absolute atomic E-state index is 0.0470. The highest BCUT2D eigenvalue weighted by atomic mass is 19.1. The third-order valence-corrected chi connectivity index (χ3v) is 3.43. The van der Waals surface area contributed by atoms with Gasteiger partial charge in [0.05, 0.1) is 12.2 Å². The number of pyridine rings is 1. The van der Waals surface area contributed by atoms with Crippen molar-refractivity contribution in [1.29, 1.82) is 0 Å². The second kappa shape index (κ2) is 4.53. The summed E-state index contributed by atoms with van der Waals surface area (Å²) in [6.07, 6.45) is 2.77. The monoisotopic (exact) mass is 250 g/mol. The molecular formula is C12H15FN4O. The molecule has 6 heteroatoms. The van der Waals surface area contributed by atoms with E-state index >= 15 is 0 Å². The first-order valence-corrected chi connectivity index (χ1v) is 6.10. The van der Waals surface area contributed by atoms with Crippen LogP contribution in [0, 0.1) is 5.82 Å². The summed E-state index contributed by atoms with van der Waals surface area (Å²) in [4.78, 5) is 19.6. The summed E-state index contributed by atoms with van der Waals surface area (Å²) >= 11 is 0. The molecule has 0 spiro atoms. The van der Waals surface area contributed by atoms with Crippen molar-refractivity contribution in [2.45, 2.75) is 12.6 Å². The minimum Gasteiger partial charge on any atom is -0.318 e. The van der Waals surface area contributed by atoms with Crippen LogP contribution in [0.5, 0.6) is 0 Å². The van der Waals surface area contributed by atoms with E-state index in [9.17, 15) is 9.18 Å². The number of urea groups is 1. The first-order valence-electron chi connectivity index (χ1n) is 6.10. The lowest BCUT2D eigenvalue weighted by atomic mass is 10.2. The molecule has 3 heterocycles. The van der Waals surface area contributed by atoms with E-state index in [0.29, 0.717) is 13.1 Å². The van der Waals surface area contributed by atoms with Gasteiger partial charge in [-0.15, -0.1) is 0 Å². The number of aromatic nitrogens is 1. The zero-order chi connectivity index (χ0) is 12.5. The van der Waals surface area contributed by atoms with Crippen molar-refractivity contribution in [3.05, 3.63) is 29.8 Å². The fourth-order valence-electron chi connectivity index (χ4n) is 2.58. The highest BCUT2D eigenvalue weighted by Gasteiger charge is 2.38. The Morgan fingerprint density at radius 1 is 1.50 bits per heavy atom. The summed E-state index contributed by atoms with van der Waals surface area (Å²) in [5.74, 6) is -0.362. The molecular weight excluding hydrogens is 235 g/mol. The van der Waals surface area contributed by atoms with Crippen LogP contribution in [0.2, 0.25) is 0 Å². The Kier molecular flexibility index (Phi) is 2.87. The van der Waals surface area contributed by atoms with Crippen LogP contribution in [-0.4, -0.2) is 53.0 Å². The number of hydrogen-bond acceptors (Lipinski definition) is 3. The SMILES string of the molecule is O=C1N(Cc2cncc(F)c2)CC2CNCCN12. The Hall–Kier alpha value is -1.69. The van der Waals surface area contributed by atoms with Gasteiger partial charge in [-0.3, -0.25) is 4.98 Å². The zero-order valence-electron chi connectivity index (χ0n) is 9.97. The second-order valence-electron chi connectivity index (χ2n) is 4.73. The Morgan fingerprint density at radius 3 is 3.17 bits per heavy atom. The number of hydrogen-bond donors (Lipinski definition) is 1. The lowest BCUT2D eigenvalue weighted by Crippen LogP contribution is -2.49. The molecule has 2 amide bonds. The Bertz CT molecular complexity index is 467. The molecule has 0 bridgehead atoms. The molecule has 5 nitrogen and oxygen atoms in total. The fourth-order valence-corrected chi connectivity index (χ4v) is 2.58. The topological polar surface area (TPSA) is 48.5 Å². The second-order valence-corrected chi connectivity index (χ2v) is 4.73. The first-order chi connectivity index (χ1) is 8.74. The van der Waals surface area contributed by atoms with Crippen molar-refractivity contribution in [3.8, 4) is 0 Å². The number of halogens is 1. The summed E-state index contributed by atoms with van der Waals surface area (Å²) in [6, 6.07) is 1.72. The number of carbonyl (C=O) groups excluding carboxylic acids is 1. The van der Waals surface area contributed by atoms with Crippen LogP contribution >= 0.6 is 0 Å². The third kappa shape index (κ3) is 2.03. The maximum Gasteiger partial charge on any atom is 0.320 e. The molecule has 2 saturated heterocycles. The minimum atomic E-state index is -0.362. The molecule has 1 atom stereocenters. The van der Waals surface area contributed by atoms with E-state index < -0.39 is 0 Å². The van der Waals surface area contributed by atoms with Gasteiger partial charge in [0, 0.05) is 38.9 Å². The molecule has 0 aromatic carbocycles. The van der Waals surface area contributed by atoms with Gasteiger partial charge in [-0.05, 0) is 11.6 Å². The maximum atomic E-state index is 13.0. The predicted molar refractivity (Wildman–Crippen MR) is 63.4 cm³/mol. The Balaban J connectivity index is 1.72.